The summed E-state index contributed by atoms with van der Waals surface area (Å²) in [6, 6.07) is 19.5. The van der Waals surface area contributed by atoms with Crippen LogP contribution >= 0.6 is 11.8 Å². The third kappa shape index (κ3) is 4.67. The molecule has 5 aromatic rings. The van der Waals surface area contributed by atoms with Gasteiger partial charge in [-0.3, -0.25) is 0 Å². The van der Waals surface area contributed by atoms with Gasteiger partial charge in [0.1, 0.15) is 7.05 Å². The maximum atomic E-state index is 2.52. The van der Waals surface area contributed by atoms with E-state index in [-0.39, 0.29) is 0 Å². The maximum Gasteiger partial charge on any atom is 0.222 e. The Bertz CT molecular complexity index is 1820. The molecule has 0 N–H and O–H groups in total. The first-order valence-electron chi connectivity index (χ1n) is 15.9. The van der Waals surface area contributed by atoms with Gasteiger partial charge >= 0.3 is 0 Å². The minimum absolute atomic E-state index is 0.599. The van der Waals surface area contributed by atoms with E-state index >= 15 is 0 Å². The van der Waals surface area contributed by atoms with Crippen LogP contribution in [0.25, 0.3) is 43.6 Å². The molecule has 2 aliphatic rings. The van der Waals surface area contributed by atoms with E-state index in [1.807, 2.05) is 11.8 Å². The van der Waals surface area contributed by atoms with Crippen molar-refractivity contribution in [3.05, 3.63) is 77.0 Å². The van der Waals surface area contributed by atoms with Gasteiger partial charge in [-0.15, -0.1) is 0 Å². The summed E-state index contributed by atoms with van der Waals surface area (Å²) in [6.07, 6.45) is 11.4. The molecule has 1 aliphatic carbocycles. The van der Waals surface area contributed by atoms with Gasteiger partial charge in [-0.25, -0.2) is 4.57 Å². The molecule has 1 aliphatic heterocycles. The lowest BCUT2D eigenvalue weighted by Crippen LogP contribution is -2.32. The number of hydrogen-bond acceptors (Lipinski definition) is 1. The number of rotatable bonds is 6. The van der Waals surface area contributed by atoms with Crippen molar-refractivity contribution >= 4 is 44.1 Å². The highest BCUT2D eigenvalue weighted by Crippen LogP contribution is 2.53. The number of aryl methyl sites for hydroxylation is 2. The Morgan fingerprint density at radius 2 is 1.54 bits per heavy atom. The molecule has 0 radical (unpaired) electrons. The third-order valence-electron chi connectivity index (χ3n) is 9.66. The second-order valence-electron chi connectivity index (χ2n) is 13.8. The number of aromatic nitrogens is 1. The Balaban J connectivity index is 1.50. The summed E-state index contributed by atoms with van der Waals surface area (Å²) in [7, 11) is 2.25. The third-order valence-corrected chi connectivity index (χ3v) is 10.9. The standard InChI is InChI=1S/C39H44NS/c1-23(2)17-27-12-14-30-32(20-27)25(5)36-38-37-31(15-16-40(38)6)33-21-28(19-26-9-7-8-10-26)11-13-29(33)22-35(37)41-39(36)34(30)18-24(3)4/h11-16,20-24,26H,7-10,17-19H2,1-6H3/q+1. The number of pyridine rings is 1. The van der Waals surface area contributed by atoms with Crippen LogP contribution in [-0.2, 0) is 26.3 Å². The average molecular weight is 559 g/mol. The fourth-order valence-electron chi connectivity index (χ4n) is 7.81. The second kappa shape index (κ2) is 10.5. The smallest absolute Gasteiger partial charge is 0.200 e. The van der Waals surface area contributed by atoms with Crippen LogP contribution in [-0.4, -0.2) is 0 Å². The molecule has 1 aromatic heterocycles. The van der Waals surface area contributed by atoms with Crippen molar-refractivity contribution in [2.75, 3.05) is 0 Å². The molecule has 210 valence electrons. The molecule has 4 aromatic carbocycles. The topological polar surface area (TPSA) is 3.88 Å². The van der Waals surface area contributed by atoms with Crippen molar-refractivity contribution < 1.29 is 4.57 Å². The zero-order chi connectivity index (χ0) is 28.4. The highest BCUT2D eigenvalue weighted by atomic mass is 32.2. The van der Waals surface area contributed by atoms with Crippen LogP contribution in [0.5, 0.6) is 0 Å². The van der Waals surface area contributed by atoms with Crippen LogP contribution in [0.2, 0.25) is 0 Å². The second-order valence-corrected chi connectivity index (χ2v) is 14.9. The molecule has 0 saturated heterocycles. The molecular formula is C39H44NS+. The van der Waals surface area contributed by atoms with Gasteiger partial charge in [0.2, 0.25) is 5.69 Å². The highest BCUT2D eigenvalue weighted by Gasteiger charge is 2.32. The van der Waals surface area contributed by atoms with Gasteiger partial charge in [0, 0.05) is 21.2 Å². The molecule has 0 unspecified atom stereocenters. The molecule has 1 saturated carbocycles. The van der Waals surface area contributed by atoms with Gasteiger partial charge in [-0.05, 0) is 93.8 Å². The zero-order valence-corrected chi connectivity index (χ0v) is 26.5. The molecular weight excluding hydrogens is 515 g/mol. The van der Waals surface area contributed by atoms with Gasteiger partial charge in [0.15, 0.2) is 6.20 Å². The van der Waals surface area contributed by atoms with E-state index in [0.717, 1.165) is 18.8 Å². The van der Waals surface area contributed by atoms with E-state index in [9.17, 15) is 0 Å². The van der Waals surface area contributed by atoms with Crippen molar-refractivity contribution in [2.24, 2.45) is 24.8 Å². The van der Waals surface area contributed by atoms with Crippen LogP contribution in [0.4, 0.5) is 0 Å². The molecule has 7 rings (SSSR count). The van der Waals surface area contributed by atoms with Crippen LogP contribution in [0.15, 0.2) is 64.5 Å². The number of fused-ring (bicyclic) bond motifs is 5. The van der Waals surface area contributed by atoms with Gasteiger partial charge in [-0.1, -0.05) is 102 Å². The fraction of sp³-hybridized carbons (Fsp3) is 0.410. The van der Waals surface area contributed by atoms with Crippen molar-refractivity contribution in [2.45, 2.75) is 89.4 Å². The highest BCUT2D eigenvalue weighted by molar-refractivity contribution is 8.00. The van der Waals surface area contributed by atoms with E-state index in [1.54, 1.807) is 0 Å². The molecule has 0 spiro atoms. The number of benzene rings is 4. The molecule has 2 heterocycles. The summed E-state index contributed by atoms with van der Waals surface area (Å²) in [6.45, 7) is 11.8. The lowest BCUT2D eigenvalue weighted by atomic mass is 9.86. The number of nitrogens with zero attached hydrogens (tertiary/aromatic N) is 1. The molecule has 2 heteroatoms. The lowest BCUT2D eigenvalue weighted by molar-refractivity contribution is -0.659. The predicted octanol–water partition coefficient (Wildman–Crippen LogP) is 10.5. The lowest BCUT2D eigenvalue weighted by Gasteiger charge is -2.26. The van der Waals surface area contributed by atoms with Crippen LogP contribution in [0.1, 0.15) is 75.6 Å². The molecule has 0 amide bonds. The van der Waals surface area contributed by atoms with Crippen LogP contribution < -0.4 is 4.57 Å². The monoisotopic (exact) mass is 558 g/mol. The van der Waals surface area contributed by atoms with E-state index in [0.29, 0.717) is 11.8 Å². The Morgan fingerprint density at radius 3 is 2.29 bits per heavy atom. The fourth-order valence-corrected chi connectivity index (χ4v) is 9.20. The molecule has 41 heavy (non-hydrogen) atoms. The van der Waals surface area contributed by atoms with E-state index < -0.39 is 0 Å². The van der Waals surface area contributed by atoms with Crippen molar-refractivity contribution in [1.29, 1.82) is 0 Å². The van der Waals surface area contributed by atoms with Gasteiger partial charge < -0.3 is 0 Å². The summed E-state index contributed by atoms with van der Waals surface area (Å²) in [5, 5.41) is 8.54. The summed E-state index contributed by atoms with van der Waals surface area (Å²) in [5.74, 6) is 2.12. The first kappa shape index (κ1) is 27.0. The van der Waals surface area contributed by atoms with E-state index in [4.69, 9.17) is 0 Å². The summed E-state index contributed by atoms with van der Waals surface area (Å²) in [5.41, 5.74) is 8.79. The summed E-state index contributed by atoms with van der Waals surface area (Å²) >= 11 is 2.03. The summed E-state index contributed by atoms with van der Waals surface area (Å²) < 4.78 is 2.40. The quantitative estimate of drug-likeness (QED) is 0.145. The van der Waals surface area contributed by atoms with Crippen molar-refractivity contribution in [1.82, 2.24) is 0 Å². The first-order chi connectivity index (χ1) is 19.8. The Labute approximate surface area is 250 Å². The summed E-state index contributed by atoms with van der Waals surface area (Å²) in [4.78, 5) is 2.89. The van der Waals surface area contributed by atoms with Crippen molar-refractivity contribution in [3.8, 4) is 11.3 Å². The van der Waals surface area contributed by atoms with Crippen LogP contribution in [0, 0.1) is 24.7 Å². The van der Waals surface area contributed by atoms with Crippen LogP contribution in [0.3, 0.4) is 0 Å². The molecule has 0 atom stereocenters. The van der Waals surface area contributed by atoms with Gasteiger partial charge in [0.05, 0.1) is 10.9 Å². The SMILES string of the molecule is Cc1c2c(c(CC(C)C)c3ccc(CC(C)C)cc13)Sc1cc3ccc(CC4CCCC4)cc3c3cc[n+](C)c-2c13. The van der Waals surface area contributed by atoms with Gasteiger partial charge in [0.25, 0.3) is 0 Å². The van der Waals surface area contributed by atoms with Gasteiger partial charge in [-0.2, -0.15) is 0 Å². The molecule has 1 nitrogen and oxygen atoms in total. The molecule has 0 bridgehead atoms. The largest absolute Gasteiger partial charge is 0.222 e. The minimum atomic E-state index is 0.599. The maximum absolute atomic E-state index is 2.52. The first-order valence-corrected chi connectivity index (χ1v) is 16.7. The normalized spacial score (nSPS) is 15.2. The molecule has 1 fully saturated rings. The minimum Gasteiger partial charge on any atom is -0.200 e. The average Bonchev–Trinajstić information content (AvgIpc) is 3.45. The number of hydrogen-bond donors (Lipinski definition) is 0. The Morgan fingerprint density at radius 1 is 0.805 bits per heavy atom. The zero-order valence-electron chi connectivity index (χ0n) is 25.7. The van der Waals surface area contributed by atoms with Crippen molar-refractivity contribution in [3.63, 3.8) is 0 Å². The predicted molar refractivity (Wildman–Crippen MR) is 177 cm³/mol. The van der Waals surface area contributed by atoms with E-state index in [2.05, 4.69) is 101 Å². The Kier molecular flexibility index (Phi) is 6.89. The van der Waals surface area contributed by atoms with E-state index in [1.165, 1.54) is 108 Å². The Hall–Kier alpha value is -2.84.